The quantitative estimate of drug-likeness (QED) is 0.614. The molecule has 29 heavy (non-hydrogen) atoms. The zero-order valence-corrected chi connectivity index (χ0v) is 16.4. The Bertz CT molecular complexity index is 1110. The molecule has 1 aromatic heterocycles. The summed E-state index contributed by atoms with van der Waals surface area (Å²) in [5.74, 6) is -0.102. The Balaban J connectivity index is 1.75. The number of carbonyl (C=O) groups excluding carboxylic acids is 1. The number of nitrogens with zero attached hydrogens (tertiary/aromatic N) is 2. The first kappa shape index (κ1) is 18.8. The van der Waals surface area contributed by atoms with E-state index in [0.717, 1.165) is 40.9 Å². The van der Waals surface area contributed by atoms with Crippen molar-refractivity contribution in [2.24, 2.45) is 0 Å². The van der Waals surface area contributed by atoms with Crippen LogP contribution in [0.25, 0.3) is 11.1 Å². The summed E-state index contributed by atoms with van der Waals surface area (Å²) < 4.78 is 0. The fourth-order valence-corrected chi connectivity index (χ4v) is 3.95. The van der Waals surface area contributed by atoms with Gasteiger partial charge in [0.2, 0.25) is 0 Å². The number of phenolic OH excluding ortho intramolecular Hbond substituents is 2. The molecule has 1 aliphatic rings. The first-order valence-corrected chi connectivity index (χ1v) is 9.57. The summed E-state index contributed by atoms with van der Waals surface area (Å²) in [5, 5.41) is 19.7. The molecule has 4 rings (SSSR count). The van der Waals surface area contributed by atoms with E-state index >= 15 is 0 Å². The molecule has 1 aliphatic heterocycles. The van der Waals surface area contributed by atoms with Crippen LogP contribution in [0.3, 0.4) is 0 Å². The fourth-order valence-electron chi connectivity index (χ4n) is 3.95. The van der Waals surface area contributed by atoms with E-state index in [1.807, 2.05) is 32.0 Å². The number of amides is 1. The number of phenols is 2. The smallest absolute Gasteiger partial charge is 0.262 e. The number of aryl methyl sites for hydroxylation is 2. The van der Waals surface area contributed by atoms with E-state index in [-0.39, 0.29) is 29.0 Å². The van der Waals surface area contributed by atoms with Crippen LogP contribution >= 0.6 is 0 Å². The number of fused-ring (bicyclic) bond motifs is 1. The predicted octanol–water partition coefficient (Wildman–Crippen LogP) is 4.03. The van der Waals surface area contributed by atoms with Crippen LogP contribution in [0.2, 0.25) is 0 Å². The maximum atomic E-state index is 13.2. The molecule has 0 radical (unpaired) electrons. The van der Waals surface area contributed by atoms with E-state index in [0.29, 0.717) is 5.82 Å². The van der Waals surface area contributed by atoms with Gasteiger partial charge >= 0.3 is 0 Å². The first-order chi connectivity index (χ1) is 13.8. The van der Waals surface area contributed by atoms with Crippen molar-refractivity contribution in [1.29, 1.82) is 0 Å². The summed E-state index contributed by atoms with van der Waals surface area (Å²) in [5.41, 5.74) is 10.7. The normalized spacial score (nSPS) is 15.8. The predicted molar refractivity (Wildman–Crippen MR) is 113 cm³/mol. The van der Waals surface area contributed by atoms with Gasteiger partial charge in [0.05, 0.1) is 5.56 Å². The van der Waals surface area contributed by atoms with Gasteiger partial charge in [-0.15, -0.1) is 0 Å². The lowest BCUT2D eigenvalue weighted by Gasteiger charge is -2.35. The Morgan fingerprint density at radius 1 is 1.14 bits per heavy atom. The summed E-state index contributed by atoms with van der Waals surface area (Å²) in [6, 6.07) is 13.8. The topological polar surface area (TPSA) is 99.7 Å². The van der Waals surface area contributed by atoms with Crippen LogP contribution < -0.4 is 10.6 Å². The van der Waals surface area contributed by atoms with Crippen molar-refractivity contribution in [1.82, 2.24) is 4.98 Å². The van der Waals surface area contributed by atoms with Crippen LogP contribution in [0, 0.1) is 6.92 Å². The number of carbonyl (C=O) groups is 1. The van der Waals surface area contributed by atoms with Gasteiger partial charge in [0.15, 0.2) is 0 Å². The highest BCUT2D eigenvalue weighted by Gasteiger charge is 2.30. The van der Waals surface area contributed by atoms with Gasteiger partial charge in [0, 0.05) is 29.1 Å². The number of benzene rings is 2. The van der Waals surface area contributed by atoms with E-state index < -0.39 is 0 Å². The number of hydrogen-bond donors (Lipinski definition) is 3. The van der Waals surface area contributed by atoms with Gasteiger partial charge in [-0.3, -0.25) is 4.79 Å². The molecule has 2 heterocycles. The molecule has 0 saturated carbocycles. The number of nitrogen functional groups attached to an aromatic ring is 1. The van der Waals surface area contributed by atoms with E-state index in [2.05, 4.69) is 11.1 Å². The SMILES string of the molecule is Cc1nc(N)ccc1-c1ccc2c(c1)CC[C@H](C)N2C(=O)c1ccc(O)cc1O. The van der Waals surface area contributed by atoms with E-state index in [1.165, 1.54) is 18.2 Å². The van der Waals surface area contributed by atoms with Gasteiger partial charge in [-0.05, 0) is 74.2 Å². The summed E-state index contributed by atoms with van der Waals surface area (Å²) in [4.78, 5) is 19.3. The minimum absolute atomic E-state index is 0.00557. The third kappa shape index (κ3) is 3.38. The monoisotopic (exact) mass is 389 g/mol. The zero-order valence-electron chi connectivity index (χ0n) is 16.4. The molecule has 6 nitrogen and oxygen atoms in total. The lowest BCUT2D eigenvalue weighted by Crippen LogP contribution is -2.42. The molecule has 0 fully saturated rings. The Kier molecular flexibility index (Phi) is 4.62. The minimum Gasteiger partial charge on any atom is -0.508 e. The van der Waals surface area contributed by atoms with Crippen molar-refractivity contribution >= 4 is 17.4 Å². The summed E-state index contributed by atoms with van der Waals surface area (Å²) in [7, 11) is 0. The van der Waals surface area contributed by atoms with Crippen molar-refractivity contribution in [3.63, 3.8) is 0 Å². The maximum absolute atomic E-state index is 13.2. The molecule has 0 saturated heterocycles. The summed E-state index contributed by atoms with van der Waals surface area (Å²) in [6.07, 6.45) is 1.68. The van der Waals surface area contributed by atoms with Crippen molar-refractivity contribution in [3.05, 3.63) is 65.4 Å². The second-order valence-electron chi connectivity index (χ2n) is 7.48. The van der Waals surface area contributed by atoms with Gasteiger partial charge in [-0.1, -0.05) is 6.07 Å². The number of anilines is 2. The second-order valence-corrected chi connectivity index (χ2v) is 7.48. The standard InChI is InChI=1S/C23H23N3O3/c1-13-3-4-16-11-15(18-8-10-22(24)25-14(18)2)5-9-20(16)26(13)23(29)19-7-6-17(27)12-21(19)28/h5-13,27-28H,3-4H2,1-2H3,(H2,24,25)/t13-/m0/s1. The largest absolute Gasteiger partial charge is 0.508 e. The highest BCUT2D eigenvalue weighted by atomic mass is 16.3. The number of pyridine rings is 1. The van der Waals surface area contributed by atoms with Crippen LogP contribution in [0.15, 0.2) is 48.5 Å². The van der Waals surface area contributed by atoms with Crippen LogP contribution in [0.5, 0.6) is 11.5 Å². The Morgan fingerprint density at radius 3 is 2.66 bits per heavy atom. The van der Waals surface area contributed by atoms with Gasteiger partial charge < -0.3 is 20.8 Å². The molecule has 4 N–H and O–H groups in total. The number of aromatic hydroxyl groups is 2. The van der Waals surface area contributed by atoms with Gasteiger partial charge in [-0.2, -0.15) is 0 Å². The average molecular weight is 389 g/mol. The molecule has 3 aromatic rings. The molecule has 0 aliphatic carbocycles. The maximum Gasteiger partial charge on any atom is 0.262 e. The molecular weight excluding hydrogens is 366 g/mol. The van der Waals surface area contributed by atoms with Crippen molar-refractivity contribution < 1.29 is 15.0 Å². The molecule has 6 heteroatoms. The molecule has 0 spiro atoms. The van der Waals surface area contributed by atoms with Gasteiger partial charge in [0.25, 0.3) is 5.91 Å². The molecule has 2 aromatic carbocycles. The third-order valence-electron chi connectivity index (χ3n) is 5.46. The Morgan fingerprint density at radius 2 is 1.93 bits per heavy atom. The fraction of sp³-hybridized carbons (Fsp3) is 0.217. The zero-order chi connectivity index (χ0) is 20.7. The van der Waals surface area contributed by atoms with Crippen molar-refractivity contribution in [3.8, 4) is 22.6 Å². The Hall–Kier alpha value is -3.54. The summed E-state index contributed by atoms with van der Waals surface area (Å²) in [6.45, 7) is 3.93. The molecule has 0 unspecified atom stereocenters. The highest BCUT2D eigenvalue weighted by Crippen LogP contribution is 2.37. The van der Waals surface area contributed by atoms with Gasteiger partial charge in [-0.25, -0.2) is 4.98 Å². The van der Waals surface area contributed by atoms with Crippen molar-refractivity contribution in [2.45, 2.75) is 32.7 Å². The highest BCUT2D eigenvalue weighted by molar-refractivity contribution is 6.09. The van der Waals surface area contributed by atoms with Crippen LogP contribution in [0.1, 0.15) is 35.0 Å². The number of hydrogen-bond acceptors (Lipinski definition) is 5. The average Bonchev–Trinajstić information content (AvgIpc) is 2.67. The number of nitrogens with two attached hydrogens (primary N) is 1. The number of aromatic nitrogens is 1. The molecule has 0 bridgehead atoms. The molecule has 1 amide bonds. The molecular formula is C23H23N3O3. The van der Waals surface area contributed by atoms with E-state index in [1.54, 1.807) is 11.0 Å². The molecule has 148 valence electrons. The Labute approximate surface area is 169 Å². The van der Waals surface area contributed by atoms with E-state index in [4.69, 9.17) is 5.73 Å². The van der Waals surface area contributed by atoms with Crippen LogP contribution in [-0.4, -0.2) is 27.1 Å². The van der Waals surface area contributed by atoms with Crippen molar-refractivity contribution in [2.75, 3.05) is 10.6 Å². The third-order valence-corrected chi connectivity index (χ3v) is 5.46. The minimum atomic E-state index is -0.283. The second kappa shape index (κ2) is 7.13. The van der Waals surface area contributed by atoms with Gasteiger partial charge in [0.1, 0.15) is 17.3 Å². The molecule has 1 atom stereocenters. The lowest BCUT2D eigenvalue weighted by atomic mass is 9.92. The lowest BCUT2D eigenvalue weighted by molar-refractivity contribution is 0.0972. The van der Waals surface area contributed by atoms with Crippen LogP contribution in [0.4, 0.5) is 11.5 Å². The number of rotatable bonds is 2. The van der Waals surface area contributed by atoms with Crippen LogP contribution in [-0.2, 0) is 6.42 Å². The summed E-state index contributed by atoms with van der Waals surface area (Å²) >= 11 is 0. The first-order valence-electron chi connectivity index (χ1n) is 9.57. The van der Waals surface area contributed by atoms with E-state index in [9.17, 15) is 15.0 Å².